The molecule has 2 heterocycles. The van der Waals surface area contributed by atoms with Crippen LogP contribution < -0.4 is 26.7 Å². The van der Waals surface area contributed by atoms with E-state index >= 15 is 0 Å². The third kappa shape index (κ3) is 9.63. The number of rotatable bonds is 14. The van der Waals surface area contributed by atoms with E-state index in [2.05, 4.69) is 31.8 Å². The van der Waals surface area contributed by atoms with Crippen molar-refractivity contribution in [2.24, 2.45) is 22.4 Å². The van der Waals surface area contributed by atoms with Gasteiger partial charge in [0.15, 0.2) is 0 Å². The molecule has 224 valence electrons. The van der Waals surface area contributed by atoms with Crippen LogP contribution in [0.5, 0.6) is 0 Å². The summed E-state index contributed by atoms with van der Waals surface area (Å²) in [4.78, 5) is 64.1. The normalized spacial score (nSPS) is 22.8. The van der Waals surface area contributed by atoms with Crippen molar-refractivity contribution < 1.29 is 28.7 Å². The van der Waals surface area contributed by atoms with E-state index in [4.69, 9.17) is 4.74 Å². The first kappa shape index (κ1) is 32.8. The molecule has 0 radical (unpaired) electrons. The zero-order valence-corrected chi connectivity index (χ0v) is 24.8. The molecule has 0 aliphatic carbocycles. The topological polar surface area (TPSA) is 167 Å². The molecule has 5 atom stereocenters. The van der Waals surface area contributed by atoms with Gasteiger partial charge in [0.25, 0.3) is 5.91 Å². The molecule has 2 rings (SSSR count). The Hall–Kier alpha value is -3.44. The number of nitrogens with zero attached hydrogens (tertiary/aromatic N) is 1. The van der Waals surface area contributed by atoms with E-state index in [1.807, 2.05) is 41.5 Å². The van der Waals surface area contributed by atoms with Gasteiger partial charge in [-0.25, -0.2) is 4.79 Å². The van der Waals surface area contributed by atoms with Crippen LogP contribution in [0.2, 0.25) is 0 Å². The van der Waals surface area contributed by atoms with Gasteiger partial charge in [-0.05, 0) is 44.9 Å². The fourth-order valence-corrected chi connectivity index (χ4v) is 4.73. The molecule has 5 N–H and O–H groups in total. The van der Waals surface area contributed by atoms with Crippen molar-refractivity contribution in [3.05, 3.63) is 12.2 Å². The smallest absolute Gasteiger partial charge is 0.330 e. The highest BCUT2D eigenvalue weighted by molar-refractivity contribution is 6.39. The Morgan fingerprint density at radius 3 is 2.35 bits per heavy atom. The van der Waals surface area contributed by atoms with Crippen LogP contribution in [0.25, 0.3) is 0 Å². The molecule has 0 aromatic rings. The minimum atomic E-state index is -0.903. The van der Waals surface area contributed by atoms with Crippen LogP contribution >= 0.6 is 0 Å². The van der Waals surface area contributed by atoms with E-state index in [-0.39, 0.29) is 36.8 Å². The van der Waals surface area contributed by atoms with Gasteiger partial charge in [-0.15, -0.1) is 0 Å². The van der Waals surface area contributed by atoms with Crippen molar-refractivity contribution in [3.63, 3.8) is 0 Å². The summed E-state index contributed by atoms with van der Waals surface area (Å²) in [7, 11) is 0. The molecule has 2 aliphatic rings. The summed E-state index contributed by atoms with van der Waals surface area (Å²) in [5.41, 5.74) is 2.43. The van der Waals surface area contributed by atoms with E-state index in [1.165, 1.54) is 12.2 Å². The Balaban J connectivity index is 2.19. The molecule has 2 aliphatic heterocycles. The fourth-order valence-electron chi connectivity index (χ4n) is 4.73. The summed E-state index contributed by atoms with van der Waals surface area (Å²) in [5.74, 6) is -2.21. The predicted molar refractivity (Wildman–Crippen MR) is 151 cm³/mol. The van der Waals surface area contributed by atoms with E-state index < -0.39 is 47.2 Å². The molecule has 12 nitrogen and oxygen atoms in total. The number of hydrazone groups is 1. The standard InChI is InChI=1S/C28H46N6O6/c1-8-40-22(35)10-9-19(15-28(7)11-12-29-27(28)39)30-24(36)20(13-16(2)3)31-26(38)23(17(4)5)32-25(37)21-14-18(6)33-34-21/h9-10,16-20,23,33H,8,11-15H2,1-7H3,(H,29,39)(H,30,36)(H,31,38)(H,32,37)/b10-9+/t18?,19-,20+,23+,28+/m1/s1. The summed E-state index contributed by atoms with van der Waals surface area (Å²) in [6, 6.07) is -2.41. The summed E-state index contributed by atoms with van der Waals surface area (Å²) in [5, 5.41) is 15.3. The highest BCUT2D eigenvalue weighted by atomic mass is 16.5. The first-order valence-electron chi connectivity index (χ1n) is 14.1. The van der Waals surface area contributed by atoms with Gasteiger partial charge in [0.1, 0.15) is 17.8 Å². The molecule has 0 bridgehead atoms. The first-order chi connectivity index (χ1) is 18.7. The highest BCUT2D eigenvalue weighted by Gasteiger charge is 2.40. The Morgan fingerprint density at radius 1 is 1.12 bits per heavy atom. The summed E-state index contributed by atoms with van der Waals surface area (Å²) < 4.78 is 4.97. The largest absolute Gasteiger partial charge is 0.463 e. The van der Waals surface area contributed by atoms with Crippen LogP contribution in [0, 0.1) is 17.3 Å². The molecular weight excluding hydrogens is 516 g/mol. The molecule has 0 aromatic heterocycles. The van der Waals surface area contributed by atoms with Crippen LogP contribution in [0.3, 0.4) is 0 Å². The second-order valence-electron chi connectivity index (χ2n) is 11.7. The van der Waals surface area contributed by atoms with Gasteiger partial charge in [-0.3, -0.25) is 19.2 Å². The Bertz CT molecular complexity index is 1010. The summed E-state index contributed by atoms with van der Waals surface area (Å²) in [6.45, 7) is 13.6. The minimum absolute atomic E-state index is 0.0367. The predicted octanol–water partition coefficient (Wildman–Crippen LogP) is 0.916. The molecular formula is C28H46N6O6. The number of carbonyl (C=O) groups is 5. The molecule has 0 saturated carbocycles. The van der Waals surface area contributed by atoms with Gasteiger partial charge < -0.3 is 31.4 Å². The maximum absolute atomic E-state index is 13.5. The molecule has 0 spiro atoms. The van der Waals surface area contributed by atoms with Gasteiger partial charge >= 0.3 is 5.97 Å². The van der Waals surface area contributed by atoms with Gasteiger partial charge in [-0.2, -0.15) is 5.10 Å². The second kappa shape index (κ2) is 14.8. The molecule has 40 heavy (non-hydrogen) atoms. The summed E-state index contributed by atoms with van der Waals surface area (Å²) >= 11 is 0. The maximum Gasteiger partial charge on any atom is 0.330 e. The molecule has 1 fully saturated rings. The average Bonchev–Trinajstić information content (AvgIpc) is 3.44. The van der Waals surface area contributed by atoms with Crippen LogP contribution in [-0.2, 0) is 28.7 Å². The first-order valence-corrected chi connectivity index (χ1v) is 14.1. The van der Waals surface area contributed by atoms with Crippen LogP contribution in [0.4, 0.5) is 0 Å². The lowest BCUT2D eigenvalue weighted by atomic mass is 9.82. The number of amides is 4. The lowest BCUT2D eigenvalue weighted by Crippen LogP contribution is -2.57. The molecule has 4 amide bonds. The minimum Gasteiger partial charge on any atom is -0.463 e. The van der Waals surface area contributed by atoms with Crippen molar-refractivity contribution in [1.29, 1.82) is 0 Å². The molecule has 0 aromatic carbocycles. The van der Waals surface area contributed by atoms with Gasteiger partial charge in [0.05, 0.1) is 12.0 Å². The van der Waals surface area contributed by atoms with E-state index in [0.29, 0.717) is 31.5 Å². The van der Waals surface area contributed by atoms with Crippen LogP contribution in [-0.4, -0.2) is 72.6 Å². The SMILES string of the molecule is CCOC(=O)/C=C/[C@H](C[C@]1(C)CCNC1=O)NC(=O)[C@H](CC(C)C)NC(=O)[C@@H](NC(=O)C1=NNC(C)C1)C(C)C. The van der Waals surface area contributed by atoms with Crippen LogP contribution in [0.15, 0.2) is 17.3 Å². The molecule has 1 saturated heterocycles. The van der Waals surface area contributed by atoms with E-state index in [1.54, 1.807) is 6.92 Å². The maximum atomic E-state index is 13.5. The van der Waals surface area contributed by atoms with Crippen molar-refractivity contribution in [3.8, 4) is 0 Å². The summed E-state index contributed by atoms with van der Waals surface area (Å²) in [6.07, 6.45) is 4.42. The number of esters is 1. The fraction of sp³-hybridized carbons (Fsp3) is 0.714. The average molecular weight is 563 g/mol. The van der Waals surface area contributed by atoms with Crippen molar-refractivity contribution in [2.75, 3.05) is 13.2 Å². The van der Waals surface area contributed by atoms with Gasteiger partial charge in [0.2, 0.25) is 17.7 Å². The van der Waals surface area contributed by atoms with Crippen molar-refractivity contribution in [1.82, 2.24) is 26.7 Å². The number of ether oxygens (including phenoxy) is 1. The van der Waals surface area contributed by atoms with E-state index in [0.717, 1.165) is 0 Å². The Kier molecular flexibility index (Phi) is 12.1. The second-order valence-corrected chi connectivity index (χ2v) is 11.7. The van der Waals surface area contributed by atoms with Gasteiger partial charge in [0, 0.05) is 31.1 Å². The third-order valence-corrected chi connectivity index (χ3v) is 7.02. The zero-order valence-electron chi connectivity index (χ0n) is 24.8. The van der Waals surface area contributed by atoms with E-state index in [9.17, 15) is 24.0 Å². The van der Waals surface area contributed by atoms with Gasteiger partial charge in [-0.1, -0.05) is 40.7 Å². The Morgan fingerprint density at radius 2 is 1.82 bits per heavy atom. The highest BCUT2D eigenvalue weighted by Crippen LogP contribution is 2.31. The van der Waals surface area contributed by atoms with Crippen LogP contribution in [0.1, 0.15) is 74.1 Å². The number of hydrogen-bond acceptors (Lipinski definition) is 8. The lowest BCUT2D eigenvalue weighted by Gasteiger charge is -2.29. The molecule has 1 unspecified atom stereocenters. The van der Waals surface area contributed by atoms with Crippen molar-refractivity contribution in [2.45, 2.75) is 98.3 Å². The monoisotopic (exact) mass is 562 g/mol. The third-order valence-electron chi connectivity index (χ3n) is 7.02. The zero-order chi connectivity index (χ0) is 30.0. The lowest BCUT2D eigenvalue weighted by molar-refractivity contribution is -0.137. The Labute approximate surface area is 236 Å². The number of carbonyl (C=O) groups excluding carboxylic acids is 5. The number of nitrogens with one attached hydrogen (secondary N) is 5. The van der Waals surface area contributed by atoms with Crippen molar-refractivity contribution >= 4 is 35.3 Å². The molecule has 12 heteroatoms. The number of hydrogen-bond donors (Lipinski definition) is 5. The quantitative estimate of drug-likeness (QED) is 0.155.